The number of sulfonamides is 1. The molecule has 11 nitrogen and oxygen atoms in total. The van der Waals surface area contributed by atoms with Crippen LogP contribution in [-0.4, -0.2) is 84.5 Å². The molecular formula is C23H28F3N7O4S2. The van der Waals surface area contributed by atoms with E-state index in [0.29, 0.717) is 25.5 Å². The van der Waals surface area contributed by atoms with E-state index in [0.717, 1.165) is 17.4 Å². The number of nitrogens with one attached hydrogen (secondary N) is 2. The van der Waals surface area contributed by atoms with E-state index in [1.807, 2.05) is 6.92 Å². The van der Waals surface area contributed by atoms with Crippen molar-refractivity contribution in [3.63, 3.8) is 0 Å². The molecule has 2 aromatic heterocycles. The molecule has 1 aromatic carbocycles. The summed E-state index contributed by atoms with van der Waals surface area (Å²) in [4.78, 5) is 26.0. The highest BCUT2D eigenvalue weighted by molar-refractivity contribution is 7.91. The normalized spacial score (nSPS) is 16.3. The quantitative estimate of drug-likeness (QED) is 0.425. The number of carbonyl (C=O) groups excluding carboxylic acids is 1. The van der Waals surface area contributed by atoms with E-state index in [1.165, 1.54) is 17.5 Å². The fraction of sp³-hybridized carbons (Fsp3) is 0.478. The Kier molecular flexibility index (Phi) is 8.30. The summed E-state index contributed by atoms with van der Waals surface area (Å²) in [6.07, 6.45) is -5.28. The Morgan fingerprint density at radius 2 is 1.85 bits per heavy atom. The number of hydrogen-bond acceptors (Lipinski definition) is 10. The molecule has 0 aliphatic carbocycles. The van der Waals surface area contributed by atoms with Crippen molar-refractivity contribution < 1.29 is 31.1 Å². The number of nitrogens with zero attached hydrogens (tertiary/aromatic N) is 5. The number of para-hydroxylation sites is 1. The summed E-state index contributed by atoms with van der Waals surface area (Å²) in [5.74, 6) is 0.533. The number of thiazole rings is 1. The number of carbonyl (C=O) groups is 1. The van der Waals surface area contributed by atoms with Gasteiger partial charge in [-0.05, 0) is 32.9 Å². The Hall–Kier alpha value is -3.08. The van der Waals surface area contributed by atoms with Crippen molar-refractivity contribution in [3.05, 3.63) is 35.3 Å². The van der Waals surface area contributed by atoms with Crippen LogP contribution in [0.1, 0.15) is 24.0 Å². The number of anilines is 2. The van der Waals surface area contributed by atoms with E-state index in [9.17, 15) is 26.4 Å². The second kappa shape index (κ2) is 11.2. The maximum atomic E-state index is 13.5. The number of alkyl halides is 3. The van der Waals surface area contributed by atoms with Gasteiger partial charge >= 0.3 is 12.3 Å². The number of halogens is 3. The summed E-state index contributed by atoms with van der Waals surface area (Å²) in [5, 5.41) is 6.00. The number of ether oxygens (including phenoxy) is 1. The fourth-order valence-corrected chi connectivity index (χ4v) is 7.31. The fourth-order valence-electron chi connectivity index (χ4n) is 4.35. The number of methoxy groups -OCH3 is 1. The Balaban J connectivity index is 1.41. The lowest BCUT2D eigenvalue weighted by molar-refractivity contribution is -0.136. The SMILES string of the molecule is COC(=O)Nc1nc(C)c(S(=O)(=O)N2CCN(CC(C)Nc3nc(C)nc4c(C(F)(F)F)cccc34)CC2)s1. The minimum absolute atomic E-state index is 0.0571. The number of hydrogen-bond donors (Lipinski definition) is 2. The molecule has 1 atom stereocenters. The first kappa shape index (κ1) is 28.9. The van der Waals surface area contributed by atoms with Crippen molar-refractivity contribution >= 4 is 49.3 Å². The Morgan fingerprint density at radius 3 is 2.49 bits per heavy atom. The summed E-state index contributed by atoms with van der Waals surface area (Å²) in [5.41, 5.74) is -0.690. The number of piperazine rings is 1. The van der Waals surface area contributed by atoms with Crippen molar-refractivity contribution in [1.82, 2.24) is 24.2 Å². The molecular weight excluding hydrogens is 559 g/mol. The van der Waals surface area contributed by atoms with Crippen LogP contribution in [0.2, 0.25) is 0 Å². The largest absolute Gasteiger partial charge is 0.453 e. The van der Waals surface area contributed by atoms with Gasteiger partial charge in [0.2, 0.25) is 0 Å². The molecule has 0 spiro atoms. The third kappa shape index (κ3) is 6.40. The van der Waals surface area contributed by atoms with E-state index in [-0.39, 0.29) is 50.9 Å². The molecule has 3 aromatic rings. The first-order valence-electron chi connectivity index (χ1n) is 12.0. The number of benzene rings is 1. The van der Waals surface area contributed by atoms with Crippen LogP contribution in [0.4, 0.5) is 28.9 Å². The first-order valence-corrected chi connectivity index (χ1v) is 14.2. The van der Waals surface area contributed by atoms with E-state index in [2.05, 4.69) is 35.2 Å². The zero-order valence-electron chi connectivity index (χ0n) is 21.7. The number of amides is 1. The van der Waals surface area contributed by atoms with Gasteiger partial charge in [0.05, 0.1) is 23.9 Å². The molecule has 1 saturated heterocycles. The van der Waals surface area contributed by atoms with E-state index in [1.54, 1.807) is 19.9 Å². The highest BCUT2D eigenvalue weighted by Crippen LogP contribution is 2.36. The van der Waals surface area contributed by atoms with E-state index >= 15 is 0 Å². The van der Waals surface area contributed by atoms with Gasteiger partial charge < -0.3 is 10.1 Å². The molecule has 3 heterocycles. The number of fused-ring (bicyclic) bond motifs is 1. The van der Waals surface area contributed by atoms with Gasteiger partial charge in [-0.1, -0.05) is 17.4 Å². The summed E-state index contributed by atoms with van der Waals surface area (Å²) < 4.78 is 72.9. The molecule has 212 valence electrons. The molecule has 1 aliphatic rings. The van der Waals surface area contributed by atoms with Gasteiger partial charge in [-0.3, -0.25) is 10.2 Å². The molecule has 2 N–H and O–H groups in total. The minimum Gasteiger partial charge on any atom is -0.453 e. The predicted molar refractivity (Wildman–Crippen MR) is 140 cm³/mol. The van der Waals surface area contributed by atoms with Gasteiger partial charge in [0.25, 0.3) is 10.0 Å². The van der Waals surface area contributed by atoms with Crippen molar-refractivity contribution in [2.45, 2.75) is 37.2 Å². The molecule has 0 radical (unpaired) electrons. The Bertz CT molecular complexity index is 1470. The van der Waals surface area contributed by atoms with Crippen molar-refractivity contribution in [1.29, 1.82) is 0 Å². The summed E-state index contributed by atoms with van der Waals surface area (Å²) >= 11 is 0.862. The third-order valence-corrected chi connectivity index (χ3v) is 9.67. The minimum atomic E-state index is -4.54. The predicted octanol–water partition coefficient (Wildman–Crippen LogP) is 3.71. The van der Waals surface area contributed by atoms with Crippen molar-refractivity contribution in [2.24, 2.45) is 0 Å². The van der Waals surface area contributed by atoms with Gasteiger partial charge in [0.15, 0.2) is 9.34 Å². The van der Waals surface area contributed by atoms with Crippen LogP contribution in [0.5, 0.6) is 0 Å². The van der Waals surface area contributed by atoms with Gasteiger partial charge in [0, 0.05) is 44.2 Å². The average molecular weight is 588 g/mol. The molecule has 1 fully saturated rings. The van der Waals surface area contributed by atoms with Gasteiger partial charge in [-0.25, -0.2) is 28.2 Å². The molecule has 0 bridgehead atoms. The van der Waals surface area contributed by atoms with Gasteiger partial charge in [-0.2, -0.15) is 17.5 Å². The third-order valence-electron chi connectivity index (χ3n) is 6.11. The Morgan fingerprint density at radius 1 is 1.15 bits per heavy atom. The summed E-state index contributed by atoms with van der Waals surface area (Å²) in [6.45, 7) is 6.91. The van der Waals surface area contributed by atoms with Crippen LogP contribution >= 0.6 is 11.3 Å². The van der Waals surface area contributed by atoms with E-state index in [4.69, 9.17) is 0 Å². The highest BCUT2D eigenvalue weighted by atomic mass is 32.2. The lowest BCUT2D eigenvalue weighted by atomic mass is 10.1. The zero-order valence-corrected chi connectivity index (χ0v) is 23.3. The van der Waals surface area contributed by atoms with Crippen molar-refractivity contribution in [2.75, 3.05) is 50.5 Å². The number of aryl methyl sites for hydroxylation is 2. The smallest absolute Gasteiger partial charge is 0.418 e. The molecule has 0 saturated carbocycles. The van der Waals surface area contributed by atoms with Crippen molar-refractivity contribution in [3.8, 4) is 0 Å². The van der Waals surface area contributed by atoms with Crippen LogP contribution in [0.15, 0.2) is 22.4 Å². The number of aromatic nitrogens is 3. The van der Waals surface area contributed by atoms with Gasteiger partial charge in [-0.15, -0.1) is 0 Å². The van der Waals surface area contributed by atoms with E-state index < -0.39 is 27.9 Å². The molecule has 16 heteroatoms. The van der Waals surface area contributed by atoms with Crippen LogP contribution in [-0.2, 0) is 20.9 Å². The monoisotopic (exact) mass is 587 g/mol. The Labute approximate surface area is 227 Å². The summed E-state index contributed by atoms with van der Waals surface area (Å²) in [6, 6.07) is 3.69. The second-order valence-electron chi connectivity index (χ2n) is 9.08. The first-order chi connectivity index (χ1) is 18.3. The lowest BCUT2D eigenvalue weighted by Crippen LogP contribution is -2.50. The molecule has 1 unspecified atom stereocenters. The topological polar surface area (TPSA) is 130 Å². The highest BCUT2D eigenvalue weighted by Gasteiger charge is 2.34. The number of rotatable bonds is 7. The maximum absolute atomic E-state index is 13.5. The molecule has 39 heavy (non-hydrogen) atoms. The lowest BCUT2D eigenvalue weighted by Gasteiger charge is -2.35. The molecule has 1 aliphatic heterocycles. The van der Waals surface area contributed by atoms with Crippen LogP contribution in [0, 0.1) is 13.8 Å². The summed E-state index contributed by atoms with van der Waals surface area (Å²) in [7, 11) is -2.62. The van der Waals surface area contributed by atoms with Crippen LogP contribution in [0.3, 0.4) is 0 Å². The van der Waals surface area contributed by atoms with Crippen LogP contribution in [0.25, 0.3) is 10.9 Å². The van der Waals surface area contributed by atoms with Crippen LogP contribution < -0.4 is 10.6 Å². The molecule has 4 rings (SSSR count). The zero-order chi connectivity index (χ0) is 28.5. The maximum Gasteiger partial charge on any atom is 0.418 e. The molecule has 1 amide bonds. The van der Waals surface area contributed by atoms with Gasteiger partial charge in [0.1, 0.15) is 11.6 Å². The average Bonchev–Trinajstić information content (AvgIpc) is 3.23. The standard InChI is InChI=1S/C23H28F3N7O4S2/c1-13(27-19-16-6-5-7-17(23(24,25)26)18(16)29-15(3)30-19)12-32-8-10-33(11-9-32)39(35,36)20-14(2)28-21(38-20)31-22(34)37-4/h5-7,13H,8-12H2,1-4H3,(H,27,29,30)(H,28,31,34). The second-order valence-corrected chi connectivity index (χ2v) is 12.2.